The second-order valence-electron chi connectivity index (χ2n) is 9.21. The fraction of sp³-hybridized carbons (Fsp3) is 0.438. The Morgan fingerprint density at radius 1 is 1.05 bits per heavy atom. The topological polar surface area (TPSA) is 110 Å². The number of likely N-dealkylation sites (N-methyl/N-ethyl adjacent to an activating group) is 2. The zero-order valence-corrected chi connectivity index (χ0v) is 23.6. The molecule has 3 aromatic rings. The lowest BCUT2D eigenvalue weighted by molar-refractivity contribution is -0.126. The van der Waals surface area contributed by atoms with E-state index in [0.29, 0.717) is 24.7 Å². The molecule has 4 bridgehead atoms. The largest absolute Gasteiger partial charge is 0.497 e. The first-order valence-corrected chi connectivity index (χ1v) is 13.9. The van der Waals surface area contributed by atoms with Crippen molar-refractivity contribution in [1.29, 1.82) is 0 Å². The minimum atomic E-state index is -5.58. The zero-order chi connectivity index (χ0) is 49.2. The minimum Gasteiger partial charge on any atom is -0.497 e. The van der Waals surface area contributed by atoms with Crippen LogP contribution in [0.15, 0.2) is 42.0 Å². The third kappa shape index (κ3) is 5.57. The van der Waals surface area contributed by atoms with Gasteiger partial charge in [0.2, 0.25) is 0 Å². The highest BCUT2D eigenvalue weighted by molar-refractivity contribution is 7.87. The van der Waals surface area contributed by atoms with Gasteiger partial charge in [-0.3, -0.25) is 9.59 Å². The van der Waals surface area contributed by atoms with Crippen molar-refractivity contribution in [3.63, 3.8) is 0 Å². The number of nitrogens with one attached hydrogen (secondary N) is 1. The van der Waals surface area contributed by atoms with E-state index in [1.807, 2.05) is 0 Å². The molecule has 2 amide bonds. The monoisotopic (exact) mass is 627 g/mol. The molecule has 2 aromatic carbocycles. The number of ether oxygens (including phenoxy) is 2. The van der Waals surface area contributed by atoms with Crippen molar-refractivity contribution in [2.75, 3.05) is 47.3 Å². The molecule has 1 N–H and O–H groups in total. The van der Waals surface area contributed by atoms with Gasteiger partial charge >= 0.3 is 10.2 Å². The second-order valence-corrected chi connectivity index (χ2v) is 10.9. The summed E-state index contributed by atoms with van der Waals surface area (Å²) in [5.41, 5.74) is -5.28. The van der Waals surface area contributed by atoms with Crippen LogP contribution in [0, 0.1) is 0 Å². The summed E-state index contributed by atoms with van der Waals surface area (Å²) in [6.45, 7) is -19.8. The molecule has 0 saturated heterocycles. The Labute approximate surface area is 281 Å². The van der Waals surface area contributed by atoms with E-state index < -0.39 is 130 Å². The Morgan fingerprint density at radius 2 is 1.81 bits per heavy atom. The van der Waals surface area contributed by atoms with Crippen LogP contribution in [-0.2, 0) is 26.2 Å². The molecule has 228 valence electrons. The van der Waals surface area contributed by atoms with Gasteiger partial charge in [0, 0.05) is 72.5 Å². The standard InChI is InChI=1S/C32H38N4O6S/c1-34-13-15-42-16-14-35(2)43(39,40)33-31(37)22-9-11-27-28(19-22)36-20-24(32(34)38)17-23-18-25(41-3)10-12-26(23)30(36)29(27)21-7-5-4-6-8-21/h9-12,17-19,21H,4-8,13-16,20H2,1-3H3,(H,33,37)/i4D2,5D2,6D2,7D2,8D2,13D2,14D2,15D2,16D2,20D2,21D. The van der Waals surface area contributed by atoms with Crippen molar-refractivity contribution in [2.45, 2.75) is 44.3 Å². The number of methoxy groups -OCH3 is 1. The molecule has 1 aromatic heterocycles. The maximum atomic E-state index is 14.7. The summed E-state index contributed by atoms with van der Waals surface area (Å²) < 4.78 is 224. The van der Waals surface area contributed by atoms with Crippen molar-refractivity contribution in [3.8, 4) is 17.0 Å². The van der Waals surface area contributed by atoms with Gasteiger partial charge in [0.25, 0.3) is 11.8 Å². The summed E-state index contributed by atoms with van der Waals surface area (Å²) >= 11 is 0. The first-order chi connectivity index (χ1) is 28.5. The number of benzene rings is 2. The molecule has 11 heteroatoms. The van der Waals surface area contributed by atoms with Crippen LogP contribution < -0.4 is 9.46 Å². The Kier molecular flexibility index (Phi) is 3.71. The molecular weight excluding hydrogens is 568 g/mol. The summed E-state index contributed by atoms with van der Waals surface area (Å²) in [5, 5.41) is -0.668. The van der Waals surface area contributed by atoms with Crippen molar-refractivity contribution >= 4 is 39.0 Å². The van der Waals surface area contributed by atoms with Crippen LogP contribution in [0.25, 0.3) is 28.2 Å². The van der Waals surface area contributed by atoms with E-state index in [1.165, 1.54) is 17.9 Å². The normalized spacial score (nSPS) is 40.1. The molecule has 0 radical (unpaired) electrons. The smallest absolute Gasteiger partial charge is 0.303 e. The highest BCUT2D eigenvalue weighted by Gasteiger charge is 2.31. The Balaban J connectivity index is 1.87. The van der Waals surface area contributed by atoms with E-state index in [0.717, 1.165) is 30.3 Å². The van der Waals surface area contributed by atoms with E-state index in [1.54, 1.807) is 0 Å². The average Bonchev–Trinajstić information content (AvgIpc) is 3.47. The van der Waals surface area contributed by atoms with E-state index in [4.69, 9.17) is 29.4 Å². The molecule has 3 aliphatic rings. The molecule has 10 nitrogen and oxygen atoms in total. The van der Waals surface area contributed by atoms with Crippen LogP contribution in [0.3, 0.4) is 0 Å². The molecule has 1 saturated carbocycles. The summed E-state index contributed by atoms with van der Waals surface area (Å²) in [7, 11) is -3.42. The van der Waals surface area contributed by atoms with Crippen LogP contribution in [-0.4, -0.2) is 81.3 Å². The van der Waals surface area contributed by atoms with Gasteiger partial charge in [-0.2, -0.15) is 12.7 Å². The van der Waals surface area contributed by atoms with E-state index in [9.17, 15) is 22.1 Å². The molecule has 6 rings (SSSR count). The predicted molar refractivity (Wildman–Crippen MR) is 165 cm³/mol. The zero-order valence-electron chi connectivity index (χ0n) is 43.7. The van der Waals surface area contributed by atoms with Crippen molar-refractivity contribution in [1.82, 2.24) is 18.5 Å². The van der Waals surface area contributed by atoms with Gasteiger partial charge in [-0.25, -0.2) is 4.72 Å². The first-order valence-electron chi connectivity index (χ1n) is 22.9. The number of amides is 2. The lowest BCUT2D eigenvalue weighted by Gasteiger charge is -2.24. The SMILES string of the molecule is [2H]C1([2H])C2=Cc3cc(OC)ccc3-c3c(C4([2H])C([2H])([2H])C([2H])([2H])C([2H])([2H])C([2H])([2H])C4([2H])[2H])c4ccc(cc4n31)C(=O)NS(=O)(=O)N(C)C([2H])([2H])C([2H])([2H])OC([2H])([2H])C([2H])([2H])N(C)C2=O. The van der Waals surface area contributed by atoms with E-state index in [-0.39, 0.29) is 21.8 Å². The number of carbonyl (C=O) groups is 2. The summed E-state index contributed by atoms with van der Waals surface area (Å²) in [6.07, 6.45) is -19.7. The quantitative estimate of drug-likeness (QED) is 0.457. The number of hydrogen-bond acceptors (Lipinski definition) is 6. The molecule has 0 atom stereocenters. The number of hydrogen-bond donors (Lipinski definition) is 1. The van der Waals surface area contributed by atoms with Crippen molar-refractivity contribution < 1.29 is 56.3 Å². The fourth-order valence-corrected chi connectivity index (χ4v) is 5.24. The second kappa shape index (κ2) is 11.8. The summed E-state index contributed by atoms with van der Waals surface area (Å²) in [5.74, 6) is -7.48. The van der Waals surface area contributed by atoms with Gasteiger partial charge in [0.15, 0.2) is 0 Å². The highest BCUT2D eigenvalue weighted by atomic mass is 32.2. The van der Waals surface area contributed by atoms with Crippen LogP contribution in [0.1, 0.15) is 88.0 Å². The molecule has 1 aliphatic carbocycles. The number of nitrogens with zero attached hydrogens (tertiary/aromatic N) is 3. The van der Waals surface area contributed by atoms with Crippen LogP contribution >= 0.6 is 0 Å². The minimum absolute atomic E-state index is 0.0391. The molecule has 43 heavy (non-hydrogen) atoms. The molecule has 0 unspecified atom stereocenters. The van der Waals surface area contributed by atoms with Gasteiger partial charge < -0.3 is 18.9 Å². The predicted octanol–water partition coefficient (Wildman–Crippen LogP) is 4.16. The first kappa shape index (κ1) is 13.5. The number of fused-ring (bicyclic) bond motifs is 4. The van der Waals surface area contributed by atoms with Crippen LogP contribution in [0.2, 0.25) is 0 Å². The lowest BCUT2D eigenvalue weighted by atomic mass is 9.81. The molecule has 2 aliphatic heterocycles. The lowest BCUT2D eigenvalue weighted by Crippen LogP contribution is -2.42. The highest BCUT2D eigenvalue weighted by Crippen LogP contribution is 2.47. The van der Waals surface area contributed by atoms with Crippen LogP contribution in [0.4, 0.5) is 0 Å². The van der Waals surface area contributed by atoms with E-state index >= 15 is 0 Å². The molecule has 0 spiro atoms. The van der Waals surface area contributed by atoms with Gasteiger partial charge in [0.05, 0.1) is 43.4 Å². The fourth-order valence-electron chi connectivity index (χ4n) is 4.59. The molecule has 3 heterocycles. The van der Waals surface area contributed by atoms with Crippen molar-refractivity contribution in [2.24, 2.45) is 0 Å². The van der Waals surface area contributed by atoms with Crippen LogP contribution in [0.5, 0.6) is 5.75 Å². The van der Waals surface area contributed by atoms with Gasteiger partial charge in [-0.15, -0.1) is 0 Å². The molecular formula is C32H38N4O6S. The maximum Gasteiger partial charge on any atom is 0.303 e. The average molecular weight is 628 g/mol. The van der Waals surface area contributed by atoms with Gasteiger partial charge in [-0.05, 0) is 66.2 Å². The summed E-state index contributed by atoms with van der Waals surface area (Å²) in [6, 6.07) is 5.76. The number of aromatic nitrogens is 1. The third-order valence-electron chi connectivity index (χ3n) is 6.66. The Bertz CT molecular complexity index is 2640. The Morgan fingerprint density at radius 3 is 2.58 bits per heavy atom. The van der Waals surface area contributed by atoms with Gasteiger partial charge in [-0.1, -0.05) is 25.2 Å². The van der Waals surface area contributed by atoms with Gasteiger partial charge in [0.1, 0.15) is 5.75 Å². The maximum absolute atomic E-state index is 14.7. The summed E-state index contributed by atoms with van der Waals surface area (Å²) in [4.78, 5) is 28.5. The number of rotatable bonds is 2. The number of carbonyl (C=O) groups excluding carboxylic acids is 2. The Hall–Kier alpha value is -3.67. The molecule has 1 fully saturated rings. The third-order valence-corrected chi connectivity index (χ3v) is 7.92. The van der Waals surface area contributed by atoms with E-state index in [2.05, 4.69) is 4.74 Å². The van der Waals surface area contributed by atoms with Crippen molar-refractivity contribution in [3.05, 3.63) is 58.7 Å².